The Kier molecular flexibility index (Phi) is 6.28. The molecule has 1 fully saturated rings. The minimum Gasteiger partial charge on any atom is -0.459 e. The van der Waals surface area contributed by atoms with E-state index in [0.29, 0.717) is 25.4 Å². The van der Waals surface area contributed by atoms with Crippen LogP contribution >= 0.6 is 11.3 Å². The summed E-state index contributed by atoms with van der Waals surface area (Å²) in [6.45, 7) is 3.46. The highest BCUT2D eigenvalue weighted by molar-refractivity contribution is 7.16. The molecule has 8 heteroatoms. The second-order valence-corrected chi connectivity index (χ2v) is 9.60. The number of rotatable bonds is 5. The number of nitrogens with zero attached hydrogens (tertiary/aromatic N) is 2. The Hall–Kier alpha value is -2.97. The molecule has 0 unspecified atom stereocenters. The molecule has 6 nitrogen and oxygen atoms in total. The Balaban J connectivity index is 1.31. The van der Waals surface area contributed by atoms with Crippen molar-refractivity contribution in [2.24, 2.45) is 0 Å². The van der Waals surface area contributed by atoms with Crippen molar-refractivity contribution in [3.63, 3.8) is 0 Å². The zero-order valence-electron chi connectivity index (χ0n) is 18.3. The number of anilines is 1. The number of furan rings is 1. The molecule has 0 saturated carbocycles. The first-order valence-corrected chi connectivity index (χ1v) is 12.2. The van der Waals surface area contributed by atoms with Crippen LogP contribution in [-0.4, -0.2) is 47.8 Å². The summed E-state index contributed by atoms with van der Waals surface area (Å²) in [7, 11) is 0. The molecule has 2 amide bonds. The Labute approximate surface area is 196 Å². The fraction of sp³-hybridized carbons (Fsp3) is 0.360. The maximum atomic E-state index is 14.1. The van der Waals surface area contributed by atoms with E-state index in [-0.39, 0.29) is 11.5 Å². The van der Waals surface area contributed by atoms with Crippen LogP contribution in [0.5, 0.6) is 0 Å². The highest BCUT2D eigenvalue weighted by Crippen LogP contribution is 2.39. The first kappa shape index (κ1) is 21.9. The number of carbonyl (C=O) groups excluding carboxylic acids is 2. The molecular weight excluding hydrogens is 441 g/mol. The number of benzene rings is 1. The molecule has 0 radical (unpaired) electrons. The normalized spacial score (nSPS) is 16.5. The molecule has 3 heterocycles. The minimum atomic E-state index is -0.518. The van der Waals surface area contributed by atoms with E-state index in [4.69, 9.17) is 4.42 Å². The molecule has 5 rings (SSSR count). The first-order chi connectivity index (χ1) is 16.1. The highest BCUT2D eigenvalue weighted by atomic mass is 32.1. The summed E-state index contributed by atoms with van der Waals surface area (Å²) in [6, 6.07) is 9.47. The molecule has 1 saturated heterocycles. The van der Waals surface area contributed by atoms with Gasteiger partial charge in [-0.1, -0.05) is 12.1 Å². The lowest BCUT2D eigenvalue weighted by atomic mass is 9.95. The molecule has 1 aliphatic heterocycles. The molecular formula is C25H26FN3O3S. The average molecular weight is 468 g/mol. The maximum Gasteiger partial charge on any atom is 0.289 e. The number of hydrogen-bond donors (Lipinski definition) is 1. The smallest absolute Gasteiger partial charge is 0.289 e. The fourth-order valence-corrected chi connectivity index (χ4v) is 5.90. The zero-order valence-corrected chi connectivity index (χ0v) is 19.1. The van der Waals surface area contributed by atoms with Gasteiger partial charge >= 0.3 is 0 Å². The molecule has 2 aromatic heterocycles. The summed E-state index contributed by atoms with van der Waals surface area (Å²) < 4.78 is 19.4. The van der Waals surface area contributed by atoms with Gasteiger partial charge in [-0.15, -0.1) is 11.3 Å². The summed E-state index contributed by atoms with van der Waals surface area (Å²) >= 11 is 1.63. The molecule has 172 valence electrons. The lowest BCUT2D eigenvalue weighted by Gasteiger charge is -2.34. The summed E-state index contributed by atoms with van der Waals surface area (Å²) in [5.74, 6) is -0.643. The third-order valence-corrected chi connectivity index (χ3v) is 7.65. The van der Waals surface area contributed by atoms with Gasteiger partial charge in [0.05, 0.1) is 11.8 Å². The van der Waals surface area contributed by atoms with Crippen LogP contribution in [0.4, 0.5) is 9.39 Å². The number of nitrogens with one attached hydrogen (secondary N) is 1. The lowest BCUT2D eigenvalue weighted by molar-refractivity contribution is 0.0597. The molecule has 0 bridgehead atoms. The Morgan fingerprint density at radius 2 is 1.82 bits per heavy atom. The number of carbonyl (C=O) groups is 2. The van der Waals surface area contributed by atoms with Crippen molar-refractivity contribution >= 4 is 28.2 Å². The molecule has 0 atom stereocenters. The van der Waals surface area contributed by atoms with Gasteiger partial charge < -0.3 is 14.6 Å². The van der Waals surface area contributed by atoms with E-state index in [9.17, 15) is 14.0 Å². The quantitative estimate of drug-likeness (QED) is 0.597. The van der Waals surface area contributed by atoms with Gasteiger partial charge in [0.2, 0.25) is 0 Å². The van der Waals surface area contributed by atoms with E-state index >= 15 is 0 Å². The van der Waals surface area contributed by atoms with Crippen LogP contribution in [0.1, 0.15) is 49.8 Å². The van der Waals surface area contributed by atoms with Gasteiger partial charge in [-0.25, -0.2) is 4.39 Å². The van der Waals surface area contributed by atoms with Crippen LogP contribution in [-0.2, 0) is 19.4 Å². The van der Waals surface area contributed by atoms with Crippen LogP contribution in [0.3, 0.4) is 0 Å². The number of amides is 2. The topological polar surface area (TPSA) is 65.8 Å². The number of fused-ring (bicyclic) bond motifs is 1. The van der Waals surface area contributed by atoms with E-state index in [0.717, 1.165) is 49.3 Å². The Morgan fingerprint density at radius 3 is 2.58 bits per heavy atom. The monoisotopic (exact) mass is 467 g/mol. The van der Waals surface area contributed by atoms with Gasteiger partial charge in [0.15, 0.2) is 5.76 Å². The number of piperazine rings is 1. The van der Waals surface area contributed by atoms with E-state index < -0.39 is 11.7 Å². The van der Waals surface area contributed by atoms with Crippen molar-refractivity contribution in [1.82, 2.24) is 9.80 Å². The van der Waals surface area contributed by atoms with Crippen molar-refractivity contribution in [3.8, 4) is 0 Å². The summed E-state index contributed by atoms with van der Waals surface area (Å²) in [5, 5.41) is 3.82. The molecule has 2 aliphatic rings. The van der Waals surface area contributed by atoms with Gasteiger partial charge in [0.25, 0.3) is 11.8 Å². The van der Waals surface area contributed by atoms with Crippen LogP contribution in [0.2, 0.25) is 0 Å². The number of aryl methyl sites for hydroxylation is 1. The first-order valence-electron chi connectivity index (χ1n) is 11.3. The van der Waals surface area contributed by atoms with Crippen LogP contribution < -0.4 is 5.32 Å². The standard InChI is InChI=1S/C25H26FN3O3S/c26-20-8-3-1-7-18(20)23(30)27-24-19(17-6-2-4-10-22(17)33-24)16-28-11-13-29(14-12-28)25(31)21-9-5-15-32-21/h1,3,5,7-9,15H,2,4,6,10-14,16H2,(H,27,30). The third kappa shape index (κ3) is 4.58. The van der Waals surface area contributed by atoms with Crippen molar-refractivity contribution in [2.75, 3.05) is 31.5 Å². The number of hydrogen-bond acceptors (Lipinski definition) is 5. The predicted molar refractivity (Wildman–Crippen MR) is 125 cm³/mol. The van der Waals surface area contributed by atoms with Gasteiger partial charge in [0, 0.05) is 43.2 Å². The van der Waals surface area contributed by atoms with Crippen LogP contribution in [0.15, 0.2) is 47.1 Å². The van der Waals surface area contributed by atoms with Crippen molar-refractivity contribution in [3.05, 3.63) is 75.8 Å². The average Bonchev–Trinajstić information content (AvgIpc) is 3.48. The second-order valence-electron chi connectivity index (χ2n) is 8.50. The van der Waals surface area contributed by atoms with Crippen LogP contribution in [0, 0.1) is 5.82 Å². The molecule has 0 spiro atoms. The van der Waals surface area contributed by atoms with Gasteiger partial charge in [-0.3, -0.25) is 14.5 Å². The number of halogens is 1. The van der Waals surface area contributed by atoms with Gasteiger partial charge in [-0.2, -0.15) is 0 Å². The molecule has 1 aliphatic carbocycles. The molecule has 3 aromatic rings. The number of thiophene rings is 1. The molecule has 33 heavy (non-hydrogen) atoms. The van der Waals surface area contributed by atoms with Crippen molar-refractivity contribution in [1.29, 1.82) is 0 Å². The largest absolute Gasteiger partial charge is 0.459 e. The molecule has 1 aromatic carbocycles. The predicted octanol–water partition coefficient (Wildman–Crippen LogP) is 4.57. The van der Waals surface area contributed by atoms with Crippen LogP contribution in [0.25, 0.3) is 0 Å². The fourth-order valence-electron chi connectivity index (χ4n) is 4.60. The zero-order chi connectivity index (χ0) is 22.8. The van der Waals surface area contributed by atoms with Gasteiger partial charge in [-0.05, 0) is 55.5 Å². The Bertz CT molecular complexity index is 1150. The second kappa shape index (κ2) is 9.49. The van der Waals surface area contributed by atoms with Crippen molar-refractivity contribution in [2.45, 2.75) is 32.2 Å². The van der Waals surface area contributed by atoms with Crippen molar-refractivity contribution < 1.29 is 18.4 Å². The Morgan fingerprint density at radius 1 is 1.03 bits per heavy atom. The van der Waals surface area contributed by atoms with E-state index in [2.05, 4.69) is 10.2 Å². The van der Waals surface area contributed by atoms with Gasteiger partial charge in [0.1, 0.15) is 10.8 Å². The summed E-state index contributed by atoms with van der Waals surface area (Å²) in [4.78, 5) is 30.8. The summed E-state index contributed by atoms with van der Waals surface area (Å²) in [6.07, 6.45) is 5.84. The van der Waals surface area contributed by atoms with E-state index in [1.165, 1.54) is 28.8 Å². The minimum absolute atomic E-state index is 0.0554. The van der Waals surface area contributed by atoms with E-state index in [1.807, 2.05) is 4.90 Å². The lowest BCUT2D eigenvalue weighted by Crippen LogP contribution is -2.48. The summed E-state index contributed by atoms with van der Waals surface area (Å²) in [5.41, 5.74) is 2.54. The molecule has 1 N–H and O–H groups in total. The van der Waals surface area contributed by atoms with E-state index in [1.54, 1.807) is 35.6 Å². The SMILES string of the molecule is O=C(Nc1sc2c(c1CN1CCN(C(=O)c3ccco3)CC1)CCCC2)c1ccccc1F. The maximum absolute atomic E-state index is 14.1. The third-order valence-electron chi connectivity index (χ3n) is 6.40. The highest BCUT2D eigenvalue weighted by Gasteiger charge is 2.27.